The lowest BCUT2D eigenvalue weighted by Gasteiger charge is -2.13. The van der Waals surface area contributed by atoms with Gasteiger partial charge in [0.15, 0.2) is 12.7 Å². The number of carbonyl (C=O) groups is 2. The average Bonchev–Trinajstić information content (AvgIpc) is 3.36. The molecule has 1 amide bonds. The normalized spacial score (nSPS) is 15.0. The smallest absolute Gasteiger partial charge is 0.344 e. The van der Waals surface area contributed by atoms with Crippen molar-refractivity contribution in [1.29, 1.82) is 0 Å². The molecule has 0 radical (unpaired) electrons. The number of carbonyl (C=O) groups excluding carboxylic acids is 2. The Kier molecular flexibility index (Phi) is 4.46. The Morgan fingerprint density at radius 2 is 1.91 bits per heavy atom. The molecule has 3 rings (SSSR count). The minimum absolute atomic E-state index is 0.223. The molecule has 5 heteroatoms. The van der Waals surface area contributed by atoms with Crippen LogP contribution in [0, 0.1) is 0 Å². The van der Waals surface area contributed by atoms with Crippen LogP contribution in [0.25, 0.3) is 10.8 Å². The molecule has 2 aromatic carbocycles. The molecule has 0 aromatic heterocycles. The molecule has 1 N–H and O–H groups in total. The summed E-state index contributed by atoms with van der Waals surface area (Å²) in [4.78, 5) is 23.5. The Balaban J connectivity index is 1.50. The van der Waals surface area contributed by atoms with Crippen LogP contribution in [0.3, 0.4) is 0 Å². The number of ether oxygens (including phenoxy) is 2. The number of hydrogen-bond acceptors (Lipinski definition) is 4. The van der Waals surface area contributed by atoms with E-state index in [2.05, 4.69) is 5.32 Å². The SMILES string of the molecule is C[C@@H](OC(=O)COc1ccc2ccccc2c1)C(=O)NC1CC1. The maximum Gasteiger partial charge on any atom is 0.344 e. The molecule has 0 bridgehead atoms. The highest BCUT2D eigenvalue weighted by atomic mass is 16.6. The summed E-state index contributed by atoms with van der Waals surface area (Å²) >= 11 is 0. The van der Waals surface area contributed by atoms with Crippen LogP contribution in [0.5, 0.6) is 5.75 Å². The quantitative estimate of drug-likeness (QED) is 0.832. The number of fused-ring (bicyclic) bond motifs is 1. The Labute approximate surface area is 134 Å². The van der Waals surface area contributed by atoms with Gasteiger partial charge < -0.3 is 14.8 Å². The van der Waals surface area contributed by atoms with Gasteiger partial charge in [-0.25, -0.2) is 4.79 Å². The van der Waals surface area contributed by atoms with Crippen molar-refractivity contribution in [2.45, 2.75) is 31.9 Å². The number of nitrogens with one attached hydrogen (secondary N) is 1. The van der Waals surface area contributed by atoms with Gasteiger partial charge in [-0.1, -0.05) is 30.3 Å². The van der Waals surface area contributed by atoms with Gasteiger partial charge in [0, 0.05) is 6.04 Å². The summed E-state index contributed by atoms with van der Waals surface area (Å²) < 4.78 is 10.5. The zero-order chi connectivity index (χ0) is 16.2. The summed E-state index contributed by atoms with van der Waals surface area (Å²) in [5.41, 5.74) is 0. The van der Waals surface area contributed by atoms with Crippen LogP contribution >= 0.6 is 0 Å². The van der Waals surface area contributed by atoms with E-state index in [1.165, 1.54) is 0 Å². The molecule has 0 saturated heterocycles. The molecule has 0 spiro atoms. The van der Waals surface area contributed by atoms with E-state index in [1.807, 2.05) is 36.4 Å². The number of rotatable bonds is 6. The standard InChI is InChI=1S/C18H19NO4/c1-12(18(21)19-15-7-8-15)23-17(20)11-22-16-9-6-13-4-2-3-5-14(13)10-16/h2-6,9-10,12,15H,7-8,11H2,1H3,(H,19,21)/t12-/m1/s1. The second-order valence-corrected chi connectivity index (χ2v) is 5.71. The fourth-order valence-corrected chi connectivity index (χ4v) is 2.23. The van der Waals surface area contributed by atoms with Crippen LogP contribution in [0.4, 0.5) is 0 Å². The second-order valence-electron chi connectivity index (χ2n) is 5.71. The Bertz CT molecular complexity index is 724. The van der Waals surface area contributed by atoms with E-state index in [9.17, 15) is 9.59 Å². The monoisotopic (exact) mass is 313 g/mol. The van der Waals surface area contributed by atoms with Gasteiger partial charge in [0.25, 0.3) is 5.91 Å². The van der Waals surface area contributed by atoms with E-state index >= 15 is 0 Å². The zero-order valence-corrected chi connectivity index (χ0v) is 13.0. The van der Waals surface area contributed by atoms with Crippen LogP contribution in [-0.2, 0) is 14.3 Å². The number of benzene rings is 2. The molecular weight excluding hydrogens is 294 g/mol. The largest absolute Gasteiger partial charge is 0.482 e. The van der Waals surface area contributed by atoms with Crippen LogP contribution in [0.15, 0.2) is 42.5 Å². The summed E-state index contributed by atoms with van der Waals surface area (Å²) in [5, 5.41) is 4.94. The van der Waals surface area contributed by atoms with E-state index in [-0.39, 0.29) is 18.6 Å². The maximum atomic E-state index is 11.8. The Morgan fingerprint density at radius 3 is 2.65 bits per heavy atom. The predicted octanol–water partition coefficient (Wildman–Crippen LogP) is 2.43. The van der Waals surface area contributed by atoms with E-state index in [0.717, 1.165) is 23.6 Å². The van der Waals surface area contributed by atoms with Crippen LogP contribution in [0.2, 0.25) is 0 Å². The third-order valence-corrected chi connectivity index (χ3v) is 3.68. The predicted molar refractivity (Wildman–Crippen MR) is 86.2 cm³/mol. The van der Waals surface area contributed by atoms with Crippen LogP contribution < -0.4 is 10.1 Å². The summed E-state index contributed by atoms with van der Waals surface area (Å²) in [5.74, 6) is -0.223. The lowest BCUT2D eigenvalue weighted by molar-refractivity contribution is -0.156. The zero-order valence-electron chi connectivity index (χ0n) is 13.0. The van der Waals surface area contributed by atoms with Crippen molar-refractivity contribution in [1.82, 2.24) is 5.32 Å². The van der Waals surface area contributed by atoms with Crippen molar-refractivity contribution in [3.63, 3.8) is 0 Å². The Hall–Kier alpha value is -2.56. The van der Waals surface area contributed by atoms with Gasteiger partial charge in [0.2, 0.25) is 0 Å². The molecule has 120 valence electrons. The van der Waals surface area contributed by atoms with Gasteiger partial charge in [0.05, 0.1) is 0 Å². The highest BCUT2D eigenvalue weighted by Crippen LogP contribution is 2.21. The molecule has 0 unspecified atom stereocenters. The molecule has 1 fully saturated rings. The number of esters is 1. The van der Waals surface area contributed by atoms with Gasteiger partial charge in [-0.3, -0.25) is 4.79 Å². The fraction of sp³-hybridized carbons (Fsp3) is 0.333. The molecular formula is C18H19NO4. The molecule has 0 heterocycles. The van der Waals surface area contributed by atoms with E-state index in [0.29, 0.717) is 5.75 Å². The van der Waals surface area contributed by atoms with Gasteiger partial charge in [-0.2, -0.15) is 0 Å². The topological polar surface area (TPSA) is 64.6 Å². The third kappa shape index (κ3) is 4.22. The molecule has 1 atom stereocenters. The first-order valence-corrected chi connectivity index (χ1v) is 7.73. The van der Waals surface area contributed by atoms with Crippen molar-refractivity contribution in [3.05, 3.63) is 42.5 Å². The average molecular weight is 313 g/mol. The minimum atomic E-state index is -0.802. The maximum absolute atomic E-state index is 11.8. The van der Waals surface area contributed by atoms with Gasteiger partial charge in [-0.05, 0) is 42.7 Å². The summed E-state index contributed by atoms with van der Waals surface area (Å²) in [6.45, 7) is 1.34. The molecule has 2 aromatic rings. The lowest BCUT2D eigenvalue weighted by Crippen LogP contribution is -2.37. The molecule has 1 aliphatic carbocycles. The van der Waals surface area contributed by atoms with Crippen LogP contribution in [-0.4, -0.2) is 30.6 Å². The second kappa shape index (κ2) is 6.69. The fourth-order valence-electron chi connectivity index (χ4n) is 2.23. The lowest BCUT2D eigenvalue weighted by atomic mass is 10.1. The Morgan fingerprint density at radius 1 is 1.17 bits per heavy atom. The first-order valence-electron chi connectivity index (χ1n) is 7.73. The number of amides is 1. The van der Waals surface area contributed by atoms with Crippen molar-refractivity contribution >= 4 is 22.6 Å². The van der Waals surface area contributed by atoms with Crippen molar-refractivity contribution < 1.29 is 19.1 Å². The molecule has 0 aliphatic heterocycles. The van der Waals surface area contributed by atoms with Crippen molar-refractivity contribution in [2.24, 2.45) is 0 Å². The molecule has 23 heavy (non-hydrogen) atoms. The minimum Gasteiger partial charge on any atom is -0.482 e. The first-order chi connectivity index (χ1) is 11.1. The van der Waals surface area contributed by atoms with Crippen molar-refractivity contribution in [2.75, 3.05) is 6.61 Å². The molecule has 1 saturated carbocycles. The molecule has 5 nitrogen and oxygen atoms in total. The van der Waals surface area contributed by atoms with Crippen LogP contribution in [0.1, 0.15) is 19.8 Å². The van der Waals surface area contributed by atoms with E-state index in [1.54, 1.807) is 13.0 Å². The summed E-state index contributed by atoms with van der Waals surface area (Å²) in [6.07, 6.45) is 1.19. The highest BCUT2D eigenvalue weighted by molar-refractivity contribution is 5.85. The number of hydrogen-bond donors (Lipinski definition) is 1. The highest BCUT2D eigenvalue weighted by Gasteiger charge is 2.27. The van der Waals surface area contributed by atoms with E-state index < -0.39 is 12.1 Å². The third-order valence-electron chi connectivity index (χ3n) is 3.68. The van der Waals surface area contributed by atoms with E-state index in [4.69, 9.17) is 9.47 Å². The van der Waals surface area contributed by atoms with Gasteiger partial charge in [-0.15, -0.1) is 0 Å². The van der Waals surface area contributed by atoms with Gasteiger partial charge in [0.1, 0.15) is 5.75 Å². The molecule has 1 aliphatic rings. The summed E-state index contributed by atoms with van der Waals surface area (Å²) in [7, 11) is 0. The van der Waals surface area contributed by atoms with Gasteiger partial charge >= 0.3 is 5.97 Å². The first kappa shape index (κ1) is 15.3. The van der Waals surface area contributed by atoms with Crippen molar-refractivity contribution in [3.8, 4) is 5.75 Å². The summed E-state index contributed by atoms with van der Waals surface area (Å²) in [6, 6.07) is 13.7.